The molecule has 45 heavy (non-hydrogen) atoms. The second kappa shape index (κ2) is 13.7. The SMILES string of the molecule is C[C@@H]1OCC2(CCN(c3nccnc3Cl)CC2)[C@@H]1N.C[C@@H]1OCC2(CCN(c3nccnc3Cl)CC2)[C@@H]1NC(=O)OC(C)(C)C. The van der Waals surface area contributed by atoms with Gasteiger partial charge in [-0.15, -0.1) is 0 Å². The molecule has 6 heterocycles. The third kappa shape index (κ3) is 7.56. The van der Waals surface area contributed by atoms with E-state index in [0.29, 0.717) is 22.7 Å². The van der Waals surface area contributed by atoms with E-state index in [2.05, 4.69) is 42.0 Å². The number of carbonyl (C=O) groups excluding carboxylic acids is 1. The van der Waals surface area contributed by atoms with Crippen molar-refractivity contribution in [3.63, 3.8) is 0 Å². The van der Waals surface area contributed by atoms with Crippen molar-refractivity contribution in [1.82, 2.24) is 25.3 Å². The van der Waals surface area contributed by atoms with Crippen molar-refractivity contribution >= 4 is 40.9 Å². The van der Waals surface area contributed by atoms with E-state index >= 15 is 0 Å². The molecular weight excluding hydrogens is 619 g/mol. The van der Waals surface area contributed by atoms with Crippen LogP contribution in [-0.4, -0.2) is 95.3 Å². The molecular formula is C31H46Cl2N8O4. The third-order valence-corrected chi connectivity index (χ3v) is 10.2. The Labute approximate surface area is 275 Å². The number of rotatable bonds is 3. The molecule has 2 spiro atoms. The molecule has 2 aromatic rings. The van der Waals surface area contributed by atoms with Gasteiger partial charge in [0.05, 0.1) is 31.5 Å². The molecule has 248 valence electrons. The first-order valence-electron chi connectivity index (χ1n) is 15.7. The number of nitrogens with one attached hydrogen (secondary N) is 1. The van der Waals surface area contributed by atoms with E-state index in [1.165, 1.54) is 0 Å². The number of carbonyl (C=O) groups is 1. The van der Waals surface area contributed by atoms with Crippen LogP contribution >= 0.6 is 23.2 Å². The first-order chi connectivity index (χ1) is 21.3. The van der Waals surface area contributed by atoms with E-state index in [9.17, 15) is 4.79 Å². The van der Waals surface area contributed by atoms with Gasteiger partial charge in [-0.25, -0.2) is 24.7 Å². The first-order valence-corrected chi connectivity index (χ1v) is 16.5. The number of hydrogen-bond donors (Lipinski definition) is 2. The Hall–Kier alpha value is -2.51. The number of alkyl carbamates (subject to hydrolysis) is 1. The van der Waals surface area contributed by atoms with E-state index in [0.717, 1.165) is 64.3 Å². The Bertz CT molecular complexity index is 1310. The van der Waals surface area contributed by atoms with Crippen LogP contribution in [0.15, 0.2) is 24.8 Å². The summed E-state index contributed by atoms with van der Waals surface area (Å²) in [5, 5.41) is 3.94. The van der Waals surface area contributed by atoms with Crippen molar-refractivity contribution in [2.75, 3.05) is 49.2 Å². The van der Waals surface area contributed by atoms with Gasteiger partial charge < -0.3 is 35.1 Å². The average Bonchev–Trinajstić information content (AvgIpc) is 3.44. The van der Waals surface area contributed by atoms with Crippen LogP contribution in [0.4, 0.5) is 16.4 Å². The molecule has 6 rings (SSSR count). The summed E-state index contributed by atoms with van der Waals surface area (Å²) >= 11 is 12.3. The van der Waals surface area contributed by atoms with Gasteiger partial charge in [0, 0.05) is 67.8 Å². The number of amides is 1. The predicted octanol–water partition coefficient (Wildman–Crippen LogP) is 4.49. The van der Waals surface area contributed by atoms with Crippen LogP contribution in [0, 0.1) is 10.8 Å². The second-order valence-corrected chi connectivity index (χ2v) is 14.4. The maximum Gasteiger partial charge on any atom is 0.407 e. The highest BCUT2D eigenvalue weighted by Gasteiger charge is 2.51. The van der Waals surface area contributed by atoms with Crippen molar-refractivity contribution in [2.45, 2.75) is 90.2 Å². The lowest BCUT2D eigenvalue weighted by atomic mass is 9.73. The number of piperidine rings is 2. The molecule has 0 aromatic carbocycles. The van der Waals surface area contributed by atoms with Crippen molar-refractivity contribution in [3.05, 3.63) is 35.1 Å². The Balaban J connectivity index is 0.000000186. The van der Waals surface area contributed by atoms with E-state index in [4.69, 9.17) is 43.1 Å². The van der Waals surface area contributed by atoms with E-state index < -0.39 is 11.7 Å². The van der Waals surface area contributed by atoms with Gasteiger partial charge in [0.25, 0.3) is 0 Å². The minimum atomic E-state index is -0.522. The summed E-state index contributed by atoms with van der Waals surface area (Å²) in [5.74, 6) is 1.49. The zero-order valence-electron chi connectivity index (χ0n) is 26.8. The van der Waals surface area contributed by atoms with Gasteiger partial charge in [-0.3, -0.25) is 0 Å². The van der Waals surface area contributed by atoms with Crippen LogP contribution in [0.1, 0.15) is 60.3 Å². The second-order valence-electron chi connectivity index (χ2n) is 13.7. The molecule has 1 amide bonds. The molecule has 12 nitrogen and oxygen atoms in total. The molecule has 0 unspecified atom stereocenters. The molecule has 3 N–H and O–H groups in total. The van der Waals surface area contributed by atoms with Gasteiger partial charge >= 0.3 is 6.09 Å². The largest absolute Gasteiger partial charge is 0.444 e. The van der Waals surface area contributed by atoms with Crippen LogP contribution < -0.4 is 20.9 Å². The molecule has 4 aliphatic rings. The Kier molecular flexibility index (Phi) is 10.3. The van der Waals surface area contributed by atoms with Gasteiger partial charge in [0.2, 0.25) is 0 Å². The van der Waals surface area contributed by atoms with E-state index in [1.54, 1.807) is 24.8 Å². The molecule has 0 radical (unpaired) electrons. The topological polar surface area (TPSA) is 141 Å². The number of nitrogens with zero attached hydrogens (tertiary/aromatic N) is 6. The van der Waals surface area contributed by atoms with Gasteiger partial charge in [0.1, 0.15) is 5.60 Å². The fourth-order valence-electron chi connectivity index (χ4n) is 6.99. The monoisotopic (exact) mass is 664 g/mol. The van der Waals surface area contributed by atoms with Gasteiger partial charge in [-0.05, 0) is 60.3 Å². The standard InChI is InChI=1S/C18H27ClN4O3.C13H19ClN4O/c1-12-13(22-16(24)26-17(2,3)4)18(11-25-12)5-9-23(10-6-18)15-14(19)20-7-8-21-15;1-9-10(15)13(8-19-9)2-6-18(7-3-13)12-11(14)16-4-5-17-12/h7-8,12-13H,5-6,9-11H2,1-4H3,(H,22,24);4-5,9-10H,2-3,6-8,15H2,1H3/t12-,13+;9-,10+/m00/s1. The van der Waals surface area contributed by atoms with Crippen LogP contribution in [-0.2, 0) is 14.2 Å². The van der Waals surface area contributed by atoms with Crippen LogP contribution in [0.5, 0.6) is 0 Å². The highest BCUT2D eigenvalue weighted by Crippen LogP contribution is 2.44. The number of ether oxygens (including phenoxy) is 3. The molecule has 4 saturated heterocycles. The van der Waals surface area contributed by atoms with Gasteiger partial charge in [-0.1, -0.05) is 23.2 Å². The fourth-order valence-corrected chi connectivity index (χ4v) is 7.44. The summed E-state index contributed by atoms with van der Waals surface area (Å²) in [4.78, 5) is 33.5. The number of nitrogens with two attached hydrogens (primary N) is 1. The molecule has 4 aliphatic heterocycles. The summed E-state index contributed by atoms with van der Waals surface area (Å²) in [6.45, 7) is 14.5. The predicted molar refractivity (Wildman–Crippen MR) is 174 cm³/mol. The number of anilines is 2. The Morgan fingerprint density at radius 1 is 0.844 bits per heavy atom. The lowest BCUT2D eigenvalue weighted by molar-refractivity contribution is 0.0434. The highest BCUT2D eigenvalue weighted by molar-refractivity contribution is 6.32. The Morgan fingerprint density at radius 3 is 1.73 bits per heavy atom. The van der Waals surface area contributed by atoms with E-state index in [-0.39, 0.29) is 35.1 Å². The zero-order valence-corrected chi connectivity index (χ0v) is 28.4. The van der Waals surface area contributed by atoms with E-state index in [1.807, 2.05) is 27.7 Å². The molecule has 2 aromatic heterocycles. The summed E-state index contributed by atoms with van der Waals surface area (Å²) < 4.78 is 17.1. The normalized spacial score (nSPS) is 27.3. The van der Waals surface area contributed by atoms with Crippen LogP contribution in [0.25, 0.3) is 0 Å². The molecule has 4 atom stereocenters. The minimum Gasteiger partial charge on any atom is -0.444 e. The van der Waals surface area contributed by atoms with Gasteiger partial charge in [-0.2, -0.15) is 0 Å². The average molecular weight is 666 g/mol. The van der Waals surface area contributed by atoms with Crippen LogP contribution in [0.3, 0.4) is 0 Å². The Morgan fingerprint density at radius 2 is 1.29 bits per heavy atom. The van der Waals surface area contributed by atoms with Crippen molar-refractivity contribution in [3.8, 4) is 0 Å². The van der Waals surface area contributed by atoms with Gasteiger partial charge in [0.15, 0.2) is 21.9 Å². The quantitative estimate of drug-likeness (QED) is 0.479. The maximum atomic E-state index is 12.3. The summed E-state index contributed by atoms with van der Waals surface area (Å²) in [6, 6.07) is 0.0591. The van der Waals surface area contributed by atoms with Crippen molar-refractivity contribution in [1.29, 1.82) is 0 Å². The molecule has 0 aliphatic carbocycles. The minimum absolute atomic E-state index is 0.0471. The smallest absolute Gasteiger partial charge is 0.407 e. The maximum absolute atomic E-state index is 12.3. The fraction of sp³-hybridized carbons (Fsp3) is 0.710. The third-order valence-electron chi connectivity index (χ3n) is 9.67. The number of halogens is 2. The highest BCUT2D eigenvalue weighted by atomic mass is 35.5. The van der Waals surface area contributed by atoms with Crippen molar-refractivity contribution < 1.29 is 19.0 Å². The molecule has 14 heteroatoms. The van der Waals surface area contributed by atoms with Crippen LogP contribution in [0.2, 0.25) is 10.3 Å². The lowest BCUT2D eigenvalue weighted by Gasteiger charge is -2.43. The summed E-state index contributed by atoms with van der Waals surface area (Å²) in [7, 11) is 0. The number of aromatic nitrogens is 4. The molecule has 4 fully saturated rings. The van der Waals surface area contributed by atoms with Crippen molar-refractivity contribution in [2.24, 2.45) is 16.6 Å². The lowest BCUT2D eigenvalue weighted by Crippen LogP contribution is -2.55. The zero-order chi connectivity index (χ0) is 32.4. The number of hydrogen-bond acceptors (Lipinski definition) is 11. The summed E-state index contributed by atoms with van der Waals surface area (Å²) in [6.07, 6.45) is 10.0. The molecule has 0 saturated carbocycles. The molecule has 0 bridgehead atoms. The first kappa shape index (κ1) is 33.8. The summed E-state index contributed by atoms with van der Waals surface area (Å²) in [5.41, 5.74) is 5.82.